The van der Waals surface area contributed by atoms with Gasteiger partial charge in [-0.1, -0.05) is 42.5 Å². The van der Waals surface area contributed by atoms with E-state index in [1.54, 1.807) is 18.2 Å². The van der Waals surface area contributed by atoms with Crippen molar-refractivity contribution < 1.29 is 18.7 Å². The molecule has 0 spiro atoms. The maximum atomic E-state index is 13.1. The first kappa shape index (κ1) is 22.8. The highest BCUT2D eigenvalue weighted by Crippen LogP contribution is 2.38. The second-order valence-corrected chi connectivity index (χ2v) is 9.68. The van der Waals surface area contributed by atoms with Gasteiger partial charge in [0.05, 0.1) is 20.4 Å². The maximum absolute atomic E-state index is 13.1. The molecular formula is C24H16Br2FNO3S. The molecule has 0 atom stereocenters. The molecule has 32 heavy (non-hydrogen) atoms. The molecule has 1 saturated heterocycles. The zero-order valence-electron chi connectivity index (χ0n) is 16.6. The van der Waals surface area contributed by atoms with Gasteiger partial charge >= 0.3 is 0 Å². The van der Waals surface area contributed by atoms with Crippen molar-refractivity contribution in [3.05, 3.63) is 103 Å². The lowest BCUT2D eigenvalue weighted by Crippen LogP contribution is -2.27. The number of carbonyl (C=O) groups excluding carboxylic acids is 2. The zero-order valence-corrected chi connectivity index (χ0v) is 20.5. The number of imide groups is 1. The monoisotopic (exact) mass is 575 g/mol. The molecule has 162 valence electrons. The van der Waals surface area contributed by atoms with Crippen LogP contribution in [0.2, 0.25) is 0 Å². The molecule has 0 bridgehead atoms. The molecule has 0 aliphatic carbocycles. The molecule has 3 aromatic rings. The number of ether oxygens (including phenoxy) is 1. The van der Waals surface area contributed by atoms with E-state index in [1.165, 1.54) is 17.0 Å². The van der Waals surface area contributed by atoms with Gasteiger partial charge in [0.1, 0.15) is 18.2 Å². The van der Waals surface area contributed by atoms with Crippen LogP contribution < -0.4 is 4.74 Å². The SMILES string of the molecule is O=C1S/C(=C\c2cc(Br)c(OCc3ccc(F)cc3)c(Br)c2)C(=O)N1Cc1ccccc1. The van der Waals surface area contributed by atoms with E-state index in [0.717, 1.165) is 28.5 Å². The molecule has 1 aliphatic heterocycles. The van der Waals surface area contributed by atoms with E-state index in [1.807, 2.05) is 42.5 Å². The lowest BCUT2D eigenvalue weighted by molar-refractivity contribution is -0.123. The van der Waals surface area contributed by atoms with E-state index in [9.17, 15) is 14.0 Å². The first-order valence-electron chi connectivity index (χ1n) is 9.56. The zero-order chi connectivity index (χ0) is 22.7. The van der Waals surface area contributed by atoms with E-state index < -0.39 is 0 Å². The topological polar surface area (TPSA) is 46.6 Å². The van der Waals surface area contributed by atoms with Crippen molar-refractivity contribution in [1.29, 1.82) is 0 Å². The van der Waals surface area contributed by atoms with Crippen LogP contribution in [0.25, 0.3) is 6.08 Å². The Kier molecular flexibility index (Phi) is 7.13. The number of carbonyl (C=O) groups is 2. The molecule has 4 rings (SSSR count). The molecule has 0 saturated carbocycles. The van der Waals surface area contributed by atoms with Crippen LogP contribution >= 0.6 is 43.6 Å². The molecular weight excluding hydrogens is 561 g/mol. The third-order valence-corrected chi connectivity index (χ3v) is 6.76. The minimum Gasteiger partial charge on any atom is -0.487 e. The van der Waals surface area contributed by atoms with Crippen molar-refractivity contribution in [2.75, 3.05) is 0 Å². The van der Waals surface area contributed by atoms with Crippen molar-refractivity contribution >= 4 is 60.8 Å². The number of hydrogen-bond donors (Lipinski definition) is 0. The molecule has 1 aliphatic rings. The number of thioether (sulfide) groups is 1. The molecule has 1 heterocycles. The Morgan fingerprint density at radius 2 is 1.59 bits per heavy atom. The summed E-state index contributed by atoms with van der Waals surface area (Å²) in [5, 5.41) is -0.289. The van der Waals surface area contributed by atoms with Crippen molar-refractivity contribution in [1.82, 2.24) is 4.90 Å². The van der Waals surface area contributed by atoms with Gasteiger partial charge in [0, 0.05) is 0 Å². The van der Waals surface area contributed by atoms with Crippen LogP contribution in [0, 0.1) is 5.82 Å². The highest BCUT2D eigenvalue weighted by atomic mass is 79.9. The number of nitrogens with zero attached hydrogens (tertiary/aromatic N) is 1. The summed E-state index contributed by atoms with van der Waals surface area (Å²) in [6.07, 6.45) is 1.69. The van der Waals surface area contributed by atoms with Crippen molar-refractivity contribution in [2.45, 2.75) is 13.2 Å². The van der Waals surface area contributed by atoms with Gasteiger partial charge in [0.25, 0.3) is 11.1 Å². The Bertz CT molecular complexity index is 1180. The fourth-order valence-electron chi connectivity index (χ4n) is 3.09. The molecule has 8 heteroatoms. The standard InChI is InChI=1S/C24H16Br2FNO3S/c25-19-10-17(11-20(26)22(19)31-14-16-6-8-18(27)9-7-16)12-21-23(29)28(24(30)32-21)13-15-4-2-1-3-5-15/h1-12H,13-14H2/b21-12-. The summed E-state index contributed by atoms with van der Waals surface area (Å²) in [5.41, 5.74) is 2.47. The predicted octanol–water partition coefficient (Wildman–Crippen LogP) is 7.17. The van der Waals surface area contributed by atoms with E-state index >= 15 is 0 Å². The van der Waals surface area contributed by atoms with E-state index in [4.69, 9.17) is 4.74 Å². The summed E-state index contributed by atoms with van der Waals surface area (Å²) in [6, 6.07) is 19.1. The molecule has 0 N–H and O–H groups in total. The average Bonchev–Trinajstić information content (AvgIpc) is 3.02. The molecule has 3 aromatic carbocycles. The fraction of sp³-hybridized carbons (Fsp3) is 0.0833. The molecule has 0 radical (unpaired) electrons. The van der Waals surface area contributed by atoms with E-state index in [0.29, 0.717) is 19.6 Å². The minimum atomic E-state index is -0.312. The van der Waals surface area contributed by atoms with Crippen LogP contribution in [-0.2, 0) is 17.9 Å². The first-order valence-corrected chi connectivity index (χ1v) is 12.0. The number of amides is 2. The van der Waals surface area contributed by atoms with Crippen molar-refractivity contribution in [3.8, 4) is 5.75 Å². The molecule has 0 unspecified atom stereocenters. The number of rotatable bonds is 6. The lowest BCUT2D eigenvalue weighted by atomic mass is 10.2. The number of benzene rings is 3. The third kappa shape index (κ3) is 5.31. The van der Waals surface area contributed by atoms with Crippen LogP contribution in [0.5, 0.6) is 5.75 Å². The van der Waals surface area contributed by atoms with Gasteiger partial charge in [-0.25, -0.2) is 4.39 Å². The van der Waals surface area contributed by atoms with Crippen molar-refractivity contribution in [3.63, 3.8) is 0 Å². The molecule has 1 fully saturated rings. The first-order chi connectivity index (χ1) is 15.4. The summed E-state index contributed by atoms with van der Waals surface area (Å²) >= 11 is 7.93. The highest BCUT2D eigenvalue weighted by Gasteiger charge is 2.35. The summed E-state index contributed by atoms with van der Waals surface area (Å²) in [5.74, 6) is -0.0231. The van der Waals surface area contributed by atoms with Gasteiger partial charge in [-0.15, -0.1) is 0 Å². The summed E-state index contributed by atoms with van der Waals surface area (Å²) < 4.78 is 20.3. The quantitative estimate of drug-likeness (QED) is 0.292. The normalized spacial score (nSPS) is 15.0. The maximum Gasteiger partial charge on any atom is 0.293 e. The van der Waals surface area contributed by atoms with Crippen LogP contribution in [0.15, 0.2) is 80.6 Å². The van der Waals surface area contributed by atoms with Gasteiger partial charge in [-0.05, 0) is 90.7 Å². The second kappa shape index (κ2) is 10.0. The third-order valence-electron chi connectivity index (χ3n) is 4.67. The van der Waals surface area contributed by atoms with Crippen LogP contribution in [-0.4, -0.2) is 16.0 Å². The van der Waals surface area contributed by atoms with Gasteiger partial charge in [-0.3, -0.25) is 14.5 Å². The molecule has 0 aromatic heterocycles. The van der Waals surface area contributed by atoms with E-state index in [-0.39, 0.29) is 30.1 Å². The Labute approximate surface area is 205 Å². The van der Waals surface area contributed by atoms with Gasteiger partial charge in [-0.2, -0.15) is 0 Å². The Morgan fingerprint density at radius 1 is 0.938 bits per heavy atom. The fourth-order valence-corrected chi connectivity index (χ4v) is 5.38. The number of hydrogen-bond acceptors (Lipinski definition) is 4. The summed E-state index contributed by atoms with van der Waals surface area (Å²) in [7, 11) is 0. The lowest BCUT2D eigenvalue weighted by Gasteiger charge is -2.12. The predicted molar refractivity (Wildman–Crippen MR) is 131 cm³/mol. The minimum absolute atomic E-state index is 0.242. The average molecular weight is 577 g/mol. The highest BCUT2D eigenvalue weighted by molar-refractivity contribution is 9.11. The summed E-state index contributed by atoms with van der Waals surface area (Å²) in [6.45, 7) is 0.515. The van der Waals surface area contributed by atoms with Crippen LogP contribution in [0.1, 0.15) is 16.7 Å². The van der Waals surface area contributed by atoms with Crippen LogP contribution in [0.4, 0.5) is 9.18 Å². The largest absolute Gasteiger partial charge is 0.487 e. The Morgan fingerprint density at radius 3 is 2.25 bits per heavy atom. The second-order valence-electron chi connectivity index (χ2n) is 6.98. The van der Waals surface area contributed by atoms with Crippen molar-refractivity contribution in [2.24, 2.45) is 0 Å². The van der Waals surface area contributed by atoms with Gasteiger partial charge in [0.15, 0.2) is 0 Å². The Hall–Kier alpha value is -2.42. The van der Waals surface area contributed by atoms with Crippen LogP contribution in [0.3, 0.4) is 0 Å². The van der Waals surface area contributed by atoms with Gasteiger partial charge in [0.2, 0.25) is 0 Å². The van der Waals surface area contributed by atoms with Gasteiger partial charge < -0.3 is 4.74 Å². The smallest absolute Gasteiger partial charge is 0.293 e. The Balaban J connectivity index is 1.49. The molecule has 2 amide bonds. The molecule has 4 nitrogen and oxygen atoms in total. The number of halogens is 3. The summed E-state index contributed by atoms with van der Waals surface area (Å²) in [4.78, 5) is 26.8. The van der Waals surface area contributed by atoms with E-state index in [2.05, 4.69) is 31.9 Å².